The van der Waals surface area contributed by atoms with Crippen LogP contribution in [0.4, 0.5) is 32.0 Å². The monoisotopic (exact) mass is 419 g/mol. The van der Waals surface area contributed by atoms with Gasteiger partial charge in [-0.3, -0.25) is 0 Å². The van der Waals surface area contributed by atoms with Gasteiger partial charge in [-0.15, -0.1) is 0 Å². The molecule has 1 saturated heterocycles. The first-order valence-electron chi connectivity index (χ1n) is 8.73. The van der Waals surface area contributed by atoms with Gasteiger partial charge in [-0.2, -0.15) is 31.4 Å². The molecule has 2 aliphatic heterocycles. The fourth-order valence-electron chi connectivity index (χ4n) is 2.95. The number of likely N-dealkylation sites (N-methyl/N-ethyl adjacent to an activating group) is 1. The zero-order valence-corrected chi connectivity index (χ0v) is 15.8. The van der Waals surface area contributed by atoms with Crippen molar-refractivity contribution in [2.75, 3.05) is 33.2 Å². The number of hydrogen-bond acceptors (Lipinski definition) is 5. The first-order chi connectivity index (χ1) is 13.4. The van der Waals surface area contributed by atoms with Crippen LogP contribution in [0.1, 0.15) is 18.1 Å². The van der Waals surface area contributed by atoms with E-state index >= 15 is 0 Å². The third kappa shape index (κ3) is 4.39. The summed E-state index contributed by atoms with van der Waals surface area (Å²) in [6.07, 6.45) is -9.30. The summed E-state index contributed by atoms with van der Waals surface area (Å²) in [7, 11) is 1.91. The topological polar surface area (TPSA) is 34.4 Å². The Balaban J connectivity index is 2.09. The molecule has 5 nitrogen and oxygen atoms in total. The van der Waals surface area contributed by atoms with Crippen LogP contribution >= 0.6 is 0 Å². The largest absolute Gasteiger partial charge is 0.430 e. The SMILES string of the molecule is C=C1c2cc(C(F)(F)F)ccc2N=C(N2CCN(C)CC2)N1/N=C(\C)C(F)(F)F. The first-order valence-corrected chi connectivity index (χ1v) is 8.73. The summed E-state index contributed by atoms with van der Waals surface area (Å²) in [5.41, 5.74) is -2.01. The molecule has 29 heavy (non-hydrogen) atoms. The Morgan fingerprint density at radius 2 is 1.69 bits per heavy atom. The Kier molecular flexibility index (Phi) is 5.37. The molecule has 0 bridgehead atoms. The highest BCUT2D eigenvalue weighted by Crippen LogP contribution is 2.39. The zero-order valence-electron chi connectivity index (χ0n) is 15.8. The van der Waals surface area contributed by atoms with Gasteiger partial charge in [0.25, 0.3) is 0 Å². The fraction of sp³-hybridized carbons (Fsp3) is 0.444. The number of alkyl halides is 6. The molecule has 3 rings (SSSR count). The highest BCUT2D eigenvalue weighted by Gasteiger charge is 2.37. The molecule has 0 spiro atoms. The molecule has 0 unspecified atom stereocenters. The highest BCUT2D eigenvalue weighted by atomic mass is 19.4. The number of piperazine rings is 1. The van der Waals surface area contributed by atoms with Gasteiger partial charge in [0.1, 0.15) is 5.71 Å². The molecule has 0 atom stereocenters. The molecule has 0 aromatic heterocycles. The molecule has 0 saturated carbocycles. The Hall–Kier alpha value is -2.56. The molecule has 1 aromatic carbocycles. The van der Waals surface area contributed by atoms with Crippen LogP contribution in [0.25, 0.3) is 5.70 Å². The van der Waals surface area contributed by atoms with Crippen molar-refractivity contribution in [3.8, 4) is 0 Å². The van der Waals surface area contributed by atoms with Crippen molar-refractivity contribution in [3.05, 3.63) is 35.9 Å². The number of rotatable bonds is 1. The average Bonchev–Trinajstić information content (AvgIpc) is 2.62. The van der Waals surface area contributed by atoms with Crippen LogP contribution in [-0.4, -0.2) is 65.9 Å². The standard InChI is InChI=1S/C18H19F6N5/c1-11-14-10-13(18(22,23)24)4-5-15(14)25-16(28-8-6-27(3)7-9-28)29(11)26-12(2)17(19,20)21/h4-5,10H,1,6-9H2,2-3H3/b26-12+. The Morgan fingerprint density at radius 3 is 2.24 bits per heavy atom. The number of hydrogen-bond donors (Lipinski definition) is 0. The molecule has 2 heterocycles. The van der Waals surface area contributed by atoms with Crippen LogP contribution in [0.15, 0.2) is 34.9 Å². The molecule has 1 aromatic rings. The van der Waals surface area contributed by atoms with Gasteiger partial charge in [0.05, 0.1) is 16.9 Å². The minimum atomic E-state index is -4.69. The highest BCUT2D eigenvalue weighted by molar-refractivity contribution is 5.98. The van der Waals surface area contributed by atoms with E-state index in [0.717, 1.165) is 24.1 Å². The Bertz CT molecular complexity index is 862. The maximum absolute atomic E-state index is 13.1. The van der Waals surface area contributed by atoms with E-state index in [0.29, 0.717) is 26.2 Å². The van der Waals surface area contributed by atoms with Crippen molar-refractivity contribution in [1.82, 2.24) is 14.8 Å². The van der Waals surface area contributed by atoms with Crippen molar-refractivity contribution in [2.45, 2.75) is 19.3 Å². The average molecular weight is 419 g/mol. The van der Waals surface area contributed by atoms with Crippen LogP contribution in [0.2, 0.25) is 0 Å². The third-order valence-corrected chi connectivity index (χ3v) is 4.75. The number of guanidine groups is 1. The van der Waals surface area contributed by atoms with Crippen LogP contribution < -0.4 is 0 Å². The molecular formula is C18H19F6N5. The van der Waals surface area contributed by atoms with E-state index in [1.807, 2.05) is 11.9 Å². The lowest BCUT2D eigenvalue weighted by Gasteiger charge is -2.39. The van der Waals surface area contributed by atoms with Gasteiger partial charge in [0.2, 0.25) is 5.96 Å². The summed E-state index contributed by atoms with van der Waals surface area (Å²) in [4.78, 5) is 8.13. The molecule has 0 aliphatic carbocycles. The Labute approximate surface area is 163 Å². The van der Waals surface area contributed by atoms with E-state index in [9.17, 15) is 26.3 Å². The molecule has 0 N–H and O–H groups in total. The summed E-state index contributed by atoms with van der Waals surface area (Å²) in [6.45, 7) is 6.78. The van der Waals surface area contributed by atoms with Gasteiger partial charge in [-0.1, -0.05) is 6.58 Å². The fourth-order valence-corrected chi connectivity index (χ4v) is 2.95. The van der Waals surface area contributed by atoms with Crippen LogP contribution in [0.5, 0.6) is 0 Å². The van der Waals surface area contributed by atoms with Gasteiger partial charge in [-0.05, 0) is 32.2 Å². The van der Waals surface area contributed by atoms with Gasteiger partial charge in [-0.25, -0.2) is 10.0 Å². The van der Waals surface area contributed by atoms with Crippen LogP contribution in [-0.2, 0) is 6.18 Å². The second kappa shape index (κ2) is 7.36. The number of fused-ring (bicyclic) bond motifs is 1. The summed E-state index contributed by atoms with van der Waals surface area (Å²) in [6, 6.07) is 2.90. The molecule has 0 radical (unpaired) electrons. The summed E-state index contributed by atoms with van der Waals surface area (Å²) >= 11 is 0. The van der Waals surface area contributed by atoms with Crippen molar-refractivity contribution in [1.29, 1.82) is 0 Å². The lowest BCUT2D eigenvalue weighted by Crippen LogP contribution is -2.51. The van der Waals surface area contributed by atoms with Crippen LogP contribution in [0, 0.1) is 0 Å². The smallest absolute Gasteiger partial charge is 0.338 e. The molecule has 11 heteroatoms. The van der Waals surface area contributed by atoms with E-state index < -0.39 is 23.6 Å². The Morgan fingerprint density at radius 1 is 1.07 bits per heavy atom. The lowest BCUT2D eigenvalue weighted by atomic mass is 10.0. The van der Waals surface area contributed by atoms with E-state index in [2.05, 4.69) is 16.7 Å². The molecule has 1 fully saturated rings. The molecule has 2 aliphatic rings. The number of nitrogens with zero attached hydrogens (tertiary/aromatic N) is 5. The number of aliphatic imine (C=N–C) groups is 1. The normalized spacial score (nSPS) is 19.4. The van der Waals surface area contributed by atoms with Gasteiger partial charge in [0, 0.05) is 31.7 Å². The minimum Gasteiger partial charge on any atom is -0.338 e. The molecular weight excluding hydrogens is 400 g/mol. The second-order valence-corrected chi connectivity index (χ2v) is 6.87. The zero-order chi connectivity index (χ0) is 21.6. The predicted octanol–water partition coefficient (Wildman–Crippen LogP) is 4.16. The van der Waals surface area contributed by atoms with Crippen LogP contribution in [0.3, 0.4) is 0 Å². The maximum Gasteiger partial charge on any atom is 0.430 e. The van der Waals surface area contributed by atoms with Crippen molar-refractivity contribution in [3.63, 3.8) is 0 Å². The quantitative estimate of drug-likeness (QED) is 0.506. The summed E-state index contributed by atoms with van der Waals surface area (Å²) in [5, 5.41) is 4.50. The van der Waals surface area contributed by atoms with Gasteiger partial charge in [0.15, 0.2) is 0 Å². The van der Waals surface area contributed by atoms with E-state index in [1.54, 1.807) is 4.90 Å². The predicted molar refractivity (Wildman–Crippen MR) is 97.6 cm³/mol. The second-order valence-electron chi connectivity index (χ2n) is 6.87. The number of benzene rings is 1. The number of hydrazone groups is 1. The summed E-state index contributed by atoms with van der Waals surface area (Å²) in [5.74, 6) is 0.110. The molecule has 158 valence electrons. The number of halogens is 6. The van der Waals surface area contributed by atoms with Crippen molar-refractivity contribution in [2.24, 2.45) is 10.1 Å². The van der Waals surface area contributed by atoms with Gasteiger partial charge >= 0.3 is 12.4 Å². The molecule has 0 amide bonds. The van der Waals surface area contributed by atoms with Crippen molar-refractivity contribution < 1.29 is 26.3 Å². The van der Waals surface area contributed by atoms with E-state index in [-0.39, 0.29) is 22.9 Å². The maximum atomic E-state index is 13.1. The lowest BCUT2D eigenvalue weighted by molar-refractivity contribution is -0.137. The van der Waals surface area contributed by atoms with E-state index in [4.69, 9.17) is 0 Å². The third-order valence-electron chi connectivity index (χ3n) is 4.75. The minimum absolute atomic E-state index is 0.0172. The summed E-state index contributed by atoms with van der Waals surface area (Å²) < 4.78 is 78.5. The van der Waals surface area contributed by atoms with Crippen molar-refractivity contribution >= 4 is 23.1 Å². The van der Waals surface area contributed by atoms with Gasteiger partial charge < -0.3 is 9.80 Å². The van der Waals surface area contributed by atoms with E-state index in [1.165, 1.54) is 6.07 Å². The first kappa shape index (κ1) is 21.2.